The fourth-order valence-electron chi connectivity index (χ4n) is 2.87. The van der Waals surface area contributed by atoms with Crippen LogP contribution in [0.2, 0.25) is 0 Å². The minimum atomic E-state index is -1.00. The van der Waals surface area contributed by atoms with E-state index < -0.39 is 23.0 Å². The quantitative estimate of drug-likeness (QED) is 0.886. The maximum atomic E-state index is 13.4. The summed E-state index contributed by atoms with van der Waals surface area (Å²) in [6.07, 6.45) is 2.99. The van der Waals surface area contributed by atoms with Crippen molar-refractivity contribution in [2.45, 2.75) is 32.1 Å². The SMILES string of the molecule is C[C@H]1CC=C(C(=O)O)[C@](C)(c2ccc(F)c(F)c2)C1. The van der Waals surface area contributed by atoms with E-state index in [9.17, 15) is 18.7 Å². The van der Waals surface area contributed by atoms with Gasteiger partial charge >= 0.3 is 5.97 Å². The molecule has 0 bridgehead atoms. The molecule has 1 aliphatic rings. The number of hydrogen-bond donors (Lipinski definition) is 1. The summed E-state index contributed by atoms with van der Waals surface area (Å²) in [5.41, 5.74) is -0.0129. The van der Waals surface area contributed by atoms with Gasteiger partial charge in [0.05, 0.1) is 0 Å². The Hall–Kier alpha value is -1.71. The number of carbonyl (C=O) groups is 1. The molecule has 0 unspecified atom stereocenters. The predicted molar refractivity (Wildman–Crippen MR) is 67.8 cm³/mol. The number of halogens is 2. The minimum Gasteiger partial charge on any atom is -0.478 e. The second kappa shape index (κ2) is 4.76. The van der Waals surface area contributed by atoms with Crippen molar-refractivity contribution in [2.75, 3.05) is 0 Å². The van der Waals surface area contributed by atoms with Crippen molar-refractivity contribution in [3.63, 3.8) is 0 Å². The fourth-order valence-corrected chi connectivity index (χ4v) is 2.87. The van der Waals surface area contributed by atoms with Gasteiger partial charge < -0.3 is 5.11 Å². The van der Waals surface area contributed by atoms with Crippen LogP contribution in [-0.2, 0) is 10.2 Å². The van der Waals surface area contributed by atoms with E-state index in [0.717, 1.165) is 12.1 Å². The first-order valence-electron chi connectivity index (χ1n) is 6.24. The molecule has 2 rings (SSSR count). The number of benzene rings is 1. The third kappa shape index (κ3) is 2.39. The summed E-state index contributed by atoms with van der Waals surface area (Å²) in [7, 11) is 0. The van der Waals surface area contributed by atoms with Crippen LogP contribution in [0.1, 0.15) is 32.3 Å². The summed E-state index contributed by atoms with van der Waals surface area (Å²) in [5.74, 6) is -2.56. The molecule has 0 aromatic heterocycles. The molecule has 0 heterocycles. The van der Waals surface area contributed by atoms with E-state index in [1.54, 1.807) is 13.0 Å². The Morgan fingerprint density at radius 1 is 1.37 bits per heavy atom. The Labute approximate surface area is 110 Å². The standard InChI is InChI=1S/C15H16F2O2/c1-9-3-5-11(14(18)19)15(2,8-9)10-4-6-12(16)13(17)7-10/h4-7,9H,3,8H2,1-2H3,(H,18,19)/t9-,15-/m0/s1. The molecule has 2 atom stereocenters. The first kappa shape index (κ1) is 13.7. The van der Waals surface area contributed by atoms with Crippen molar-refractivity contribution < 1.29 is 18.7 Å². The van der Waals surface area contributed by atoms with Gasteiger partial charge in [-0.25, -0.2) is 13.6 Å². The van der Waals surface area contributed by atoms with E-state index in [0.29, 0.717) is 24.3 Å². The van der Waals surface area contributed by atoms with Gasteiger partial charge in [-0.1, -0.05) is 26.0 Å². The first-order valence-corrected chi connectivity index (χ1v) is 6.24. The smallest absolute Gasteiger partial charge is 0.332 e. The van der Waals surface area contributed by atoms with Crippen molar-refractivity contribution in [1.82, 2.24) is 0 Å². The molecule has 0 aliphatic heterocycles. The maximum absolute atomic E-state index is 13.4. The summed E-state index contributed by atoms with van der Waals surface area (Å²) >= 11 is 0. The van der Waals surface area contributed by atoms with Crippen molar-refractivity contribution in [3.05, 3.63) is 47.0 Å². The Morgan fingerprint density at radius 3 is 2.63 bits per heavy atom. The topological polar surface area (TPSA) is 37.3 Å². The molecule has 0 fully saturated rings. The molecule has 102 valence electrons. The average Bonchev–Trinajstić information content (AvgIpc) is 2.31. The van der Waals surface area contributed by atoms with Crippen LogP contribution in [0.3, 0.4) is 0 Å². The van der Waals surface area contributed by atoms with E-state index in [4.69, 9.17) is 0 Å². The summed E-state index contributed by atoms with van der Waals surface area (Å²) in [6.45, 7) is 3.79. The molecular weight excluding hydrogens is 250 g/mol. The largest absolute Gasteiger partial charge is 0.478 e. The molecule has 2 nitrogen and oxygen atoms in total. The van der Waals surface area contributed by atoms with Crippen LogP contribution in [0.5, 0.6) is 0 Å². The number of carboxylic acids is 1. The molecule has 0 saturated heterocycles. The summed E-state index contributed by atoms with van der Waals surface area (Å²) in [5, 5.41) is 9.31. The molecule has 0 saturated carbocycles. The summed E-state index contributed by atoms with van der Waals surface area (Å²) in [6, 6.07) is 3.62. The van der Waals surface area contributed by atoms with Gasteiger partial charge in [-0.2, -0.15) is 0 Å². The third-order valence-corrected chi connectivity index (χ3v) is 3.86. The van der Waals surface area contributed by atoms with Gasteiger partial charge in [0.2, 0.25) is 0 Å². The lowest BCUT2D eigenvalue weighted by Gasteiger charge is -2.37. The van der Waals surface area contributed by atoms with E-state index >= 15 is 0 Å². The van der Waals surface area contributed by atoms with Crippen LogP contribution < -0.4 is 0 Å². The molecule has 1 aromatic carbocycles. The van der Waals surface area contributed by atoms with Crippen LogP contribution in [0.4, 0.5) is 8.78 Å². The lowest BCUT2D eigenvalue weighted by atomic mass is 9.66. The number of aliphatic carboxylic acids is 1. The molecule has 0 spiro atoms. The maximum Gasteiger partial charge on any atom is 0.332 e. The molecule has 1 N–H and O–H groups in total. The van der Waals surface area contributed by atoms with Crippen molar-refractivity contribution in [3.8, 4) is 0 Å². The molecule has 4 heteroatoms. The fraction of sp³-hybridized carbons (Fsp3) is 0.400. The van der Waals surface area contributed by atoms with Gasteiger partial charge in [0.1, 0.15) is 0 Å². The zero-order valence-electron chi connectivity index (χ0n) is 10.9. The number of allylic oxidation sites excluding steroid dienone is 1. The molecular formula is C15H16F2O2. The molecule has 1 aliphatic carbocycles. The van der Waals surface area contributed by atoms with Gasteiger partial charge in [-0.15, -0.1) is 0 Å². The van der Waals surface area contributed by atoms with Gasteiger partial charge in [0.15, 0.2) is 11.6 Å². The molecule has 19 heavy (non-hydrogen) atoms. The van der Waals surface area contributed by atoms with Gasteiger partial charge in [-0.3, -0.25) is 0 Å². The lowest BCUT2D eigenvalue weighted by Crippen LogP contribution is -2.34. The molecule has 0 amide bonds. The van der Waals surface area contributed by atoms with Crippen LogP contribution >= 0.6 is 0 Å². The Morgan fingerprint density at radius 2 is 2.05 bits per heavy atom. The highest BCUT2D eigenvalue weighted by Crippen LogP contribution is 2.42. The number of rotatable bonds is 2. The van der Waals surface area contributed by atoms with Gasteiger partial charge in [0.25, 0.3) is 0 Å². The van der Waals surface area contributed by atoms with E-state index in [2.05, 4.69) is 0 Å². The van der Waals surface area contributed by atoms with Crippen LogP contribution in [0, 0.1) is 17.6 Å². The Balaban J connectivity index is 2.54. The zero-order chi connectivity index (χ0) is 14.2. The first-order chi connectivity index (χ1) is 8.84. The summed E-state index contributed by atoms with van der Waals surface area (Å²) in [4.78, 5) is 11.4. The van der Waals surface area contributed by atoms with Crippen molar-refractivity contribution in [2.24, 2.45) is 5.92 Å². The van der Waals surface area contributed by atoms with Gasteiger partial charge in [-0.05, 0) is 36.5 Å². The highest BCUT2D eigenvalue weighted by atomic mass is 19.2. The van der Waals surface area contributed by atoms with E-state index in [-0.39, 0.29) is 5.57 Å². The Kier molecular flexibility index (Phi) is 3.43. The van der Waals surface area contributed by atoms with E-state index in [1.807, 2.05) is 6.92 Å². The minimum absolute atomic E-state index is 0.261. The molecule has 1 aromatic rings. The summed E-state index contributed by atoms with van der Waals surface area (Å²) < 4.78 is 26.4. The zero-order valence-corrected chi connectivity index (χ0v) is 10.9. The van der Waals surface area contributed by atoms with Crippen LogP contribution in [0.15, 0.2) is 29.8 Å². The third-order valence-electron chi connectivity index (χ3n) is 3.86. The van der Waals surface area contributed by atoms with Gasteiger partial charge in [0, 0.05) is 11.0 Å². The van der Waals surface area contributed by atoms with Crippen LogP contribution in [-0.4, -0.2) is 11.1 Å². The highest BCUT2D eigenvalue weighted by Gasteiger charge is 2.39. The predicted octanol–water partition coefficient (Wildman–Crippen LogP) is 3.66. The van der Waals surface area contributed by atoms with Crippen molar-refractivity contribution >= 4 is 5.97 Å². The average molecular weight is 266 g/mol. The molecule has 0 radical (unpaired) electrons. The monoisotopic (exact) mass is 266 g/mol. The normalized spacial score (nSPS) is 26.9. The van der Waals surface area contributed by atoms with Crippen LogP contribution in [0.25, 0.3) is 0 Å². The second-order valence-corrected chi connectivity index (χ2v) is 5.43. The number of carboxylic acid groups (broad SMARTS) is 1. The number of hydrogen-bond acceptors (Lipinski definition) is 1. The van der Waals surface area contributed by atoms with Crippen molar-refractivity contribution in [1.29, 1.82) is 0 Å². The lowest BCUT2D eigenvalue weighted by molar-refractivity contribution is -0.133. The highest BCUT2D eigenvalue weighted by molar-refractivity contribution is 5.90. The Bertz CT molecular complexity index is 551. The second-order valence-electron chi connectivity index (χ2n) is 5.43. The van der Waals surface area contributed by atoms with E-state index in [1.165, 1.54) is 6.07 Å².